The Morgan fingerprint density at radius 1 is 1.12 bits per heavy atom. The molecule has 0 amide bonds. The normalized spacial score (nSPS) is 12.0. The van der Waals surface area contributed by atoms with E-state index in [2.05, 4.69) is 10.3 Å². The number of nitrogens with zero attached hydrogens (tertiary/aromatic N) is 1. The number of benzene rings is 2. The van der Waals surface area contributed by atoms with Crippen LogP contribution in [0.3, 0.4) is 0 Å². The number of methoxy groups -OCH3 is 2. The highest BCUT2D eigenvalue weighted by molar-refractivity contribution is 14.0. The Kier molecular flexibility index (Phi) is 8.70. The van der Waals surface area contributed by atoms with Crippen molar-refractivity contribution in [3.63, 3.8) is 0 Å². The molecule has 0 aliphatic carbocycles. The largest absolute Gasteiger partial charge is 0.493 e. The number of hydrogen-bond acceptors (Lipinski definition) is 4. The zero-order valence-corrected chi connectivity index (χ0v) is 17.5. The van der Waals surface area contributed by atoms with Crippen LogP contribution in [0.1, 0.15) is 5.56 Å². The molecule has 0 aliphatic heterocycles. The van der Waals surface area contributed by atoms with Crippen LogP contribution in [0.15, 0.2) is 52.4 Å². The number of rotatable bonds is 6. The van der Waals surface area contributed by atoms with E-state index in [0.717, 1.165) is 16.1 Å². The van der Waals surface area contributed by atoms with Crippen molar-refractivity contribution in [1.82, 2.24) is 0 Å². The molecule has 0 bridgehead atoms. The summed E-state index contributed by atoms with van der Waals surface area (Å²) in [5.41, 5.74) is 7.65. The van der Waals surface area contributed by atoms with E-state index in [1.54, 1.807) is 32.6 Å². The van der Waals surface area contributed by atoms with Gasteiger partial charge in [-0.2, -0.15) is 0 Å². The molecule has 3 N–H and O–H groups in total. The third kappa shape index (κ3) is 6.20. The molecule has 1 unspecified atom stereocenters. The van der Waals surface area contributed by atoms with Crippen molar-refractivity contribution >= 4 is 46.4 Å². The van der Waals surface area contributed by atoms with Gasteiger partial charge in [0.05, 0.1) is 20.8 Å². The topological polar surface area (TPSA) is 85.9 Å². The van der Waals surface area contributed by atoms with Gasteiger partial charge in [-0.3, -0.25) is 4.21 Å². The second-order valence-electron chi connectivity index (χ2n) is 4.99. The Bertz CT molecular complexity index is 751. The fraction of sp³-hybridized carbons (Fsp3) is 0.235. The quantitative estimate of drug-likeness (QED) is 0.381. The average Bonchev–Trinajstić information content (AvgIpc) is 2.60. The molecule has 136 valence electrons. The molecule has 25 heavy (non-hydrogen) atoms. The second-order valence-corrected chi connectivity index (χ2v) is 6.37. The Morgan fingerprint density at radius 2 is 1.76 bits per heavy atom. The fourth-order valence-corrected chi connectivity index (χ4v) is 2.58. The number of guanidine groups is 1. The Labute approximate surface area is 167 Å². The van der Waals surface area contributed by atoms with E-state index in [1.807, 2.05) is 30.3 Å². The Morgan fingerprint density at radius 3 is 2.32 bits per heavy atom. The van der Waals surface area contributed by atoms with E-state index in [9.17, 15) is 4.21 Å². The molecule has 0 heterocycles. The van der Waals surface area contributed by atoms with Gasteiger partial charge >= 0.3 is 0 Å². The monoisotopic (exact) mass is 475 g/mol. The summed E-state index contributed by atoms with van der Waals surface area (Å²) in [4.78, 5) is 5.09. The molecule has 2 aromatic carbocycles. The van der Waals surface area contributed by atoms with Crippen LogP contribution in [0, 0.1) is 0 Å². The summed E-state index contributed by atoms with van der Waals surface area (Å²) in [6.07, 6.45) is 1.65. The first-order valence-corrected chi connectivity index (χ1v) is 8.80. The number of hydrogen-bond donors (Lipinski definition) is 2. The molecule has 2 aromatic rings. The zero-order chi connectivity index (χ0) is 17.5. The summed E-state index contributed by atoms with van der Waals surface area (Å²) < 4.78 is 21.8. The first kappa shape index (κ1) is 21.2. The van der Waals surface area contributed by atoms with E-state index < -0.39 is 10.8 Å². The van der Waals surface area contributed by atoms with Gasteiger partial charge in [-0.15, -0.1) is 24.0 Å². The molecule has 0 fully saturated rings. The lowest BCUT2D eigenvalue weighted by atomic mass is 10.2. The maximum atomic E-state index is 11.4. The minimum Gasteiger partial charge on any atom is -0.493 e. The maximum Gasteiger partial charge on any atom is 0.193 e. The fourth-order valence-electron chi connectivity index (χ4n) is 2.06. The van der Waals surface area contributed by atoms with Gasteiger partial charge in [0.15, 0.2) is 17.5 Å². The van der Waals surface area contributed by atoms with E-state index in [4.69, 9.17) is 15.2 Å². The molecule has 0 spiro atoms. The number of nitrogens with one attached hydrogen (secondary N) is 1. The zero-order valence-electron chi connectivity index (χ0n) is 14.3. The molecular formula is C17H22IN3O3S. The standard InChI is InChI=1S/C17H21N3O3S.HI/c1-22-15-9-6-13(10-16(15)23-2)20-17(18)19-11-12-4-7-14(8-5-12)24(3)21;/h4-10H,11H2,1-3H3,(H3,18,19,20);1H. The molecular weight excluding hydrogens is 453 g/mol. The Balaban J connectivity index is 0.00000312. The first-order valence-electron chi connectivity index (χ1n) is 7.25. The summed E-state index contributed by atoms with van der Waals surface area (Å²) in [5.74, 6) is 1.55. The molecule has 0 saturated carbocycles. The van der Waals surface area contributed by atoms with Gasteiger partial charge in [-0.25, -0.2) is 4.99 Å². The molecule has 0 aliphatic rings. The van der Waals surface area contributed by atoms with Crippen molar-refractivity contribution in [3.8, 4) is 11.5 Å². The van der Waals surface area contributed by atoms with Crippen molar-refractivity contribution < 1.29 is 13.7 Å². The van der Waals surface area contributed by atoms with Crippen molar-refractivity contribution in [2.24, 2.45) is 10.7 Å². The van der Waals surface area contributed by atoms with Gasteiger partial charge in [0.2, 0.25) is 0 Å². The third-order valence-corrected chi connectivity index (χ3v) is 4.28. The first-order chi connectivity index (χ1) is 11.5. The molecule has 0 saturated heterocycles. The number of ether oxygens (including phenoxy) is 2. The van der Waals surface area contributed by atoms with E-state index in [0.29, 0.717) is 24.0 Å². The molecule has 2 rings (SSSR count). The van der Waals surface area contributed by atoms with Crippen molar-refractivity contribution in [2.45, 2.75) is 11.4 Å². The summed E-state index contributed by atoms with van der Waals surface area (Å²) in [6, 6.07) is 12.9. The van der Waals surface area contributed by atoms with Gasteiger partial charge in [0.25, 0.3) is 0 Å². The molecule has 8 heteroatoms. The number of aliphatic imine (C=N–C) groups is 1. The van der Waals surface area contributed by atoms with Crippen molar-refractivity contribution in [2.75, 3.05) is 25.8 Å². The second kappa shape index (κ2) is 10.2. The number of nitrogens with two attached hydrogens (primary N) is 1. The summed E-state index contributed by atoms with van der Waals surface area (Å²) >= 11 is 0. The van der Waals surface area contributed by atoms with Crippen LogP contribution >= 0.6 is 24.0 Å². The van der Waals surface area contributed by atoms with Crippen LogP contribution in [0.25, 0.3) is 0 Å². The highest BCUT2D eigenvalue weighted by atomic mass is 127. The Hall–Kier alpha value is -1.81. The lowest BCUT2D eigenvalue weighted by Gasteiger charge is -2.11. The van der Waals surface area contributed by atoms with Crippen LogP contribution in [0.2, 0.25) is 0 Å². The van der Waals surface area contributed by atoms with Crippen LogP contribution < -0.4 is 20.5 Å². The van der Waals surface area contributed by atoms with Crippen LogP contribution in [0.4, 0.5) is 5.69 Å². The predicted molar refractivity (Wildman–Crippen MR) is 113 cm³/mol. The molecule has 1 atom stereocenters. The van der Waals surface area contributed by atoms with E-state index in [-0.39, 0.29) is 24.0 Å². The van der Waals surface area contributed by atoms with Gasteiger partial charge in [-0.1, -0.05) is 12.1 Å². The molecule has 6 nitrogen and oxygen atoms in total. The summed E-state index contributed by atoms with van der Waals surface area (Å²) in [7, 11) is 2.18. The van der Waals surface area contributed by atoms with Crippen LogP contribution in [0.5, 0.6) is 11.5 Å². The average molecular weight is 475 g/mol. The van der Waals surface area contributed by atoms with Gasteiger partial charge < -0.3 is 20.5 Å². The lowest BCUT2D eigenvalue weighted by Crippen LogP contribution is -2.22. The van der Waals surface area contributed by atoms with E-state index >= 15 is 0 Å². The third-order valence-electron chi connectivity index (χ3n) is 3.34. The maximum absolute atomic E-state index is 11.4. The molecule has 0 aromatic heterocycles. The summed E-state index contributed by atoms with van der Waals surface area (Å²) in [5, 5.41) is 3.01. The van der Waals surface area contributed by atoms with Crippen molar-refractivity contribution in [3.05, 3.63) is 48.0 Å². The highest BCUT2D eigenvalue weighted by Gasteiger charge is 2.05. The van der Waals surface area contributed by atoms with Gasteiger partial charge in [0.1, 0.15) is 0 Å². The minimum atomic E-state index is -0.978. The van der Waals surface area contributed by atoms with Crippen LogP contribution in [-0.2, 0) is 17.3 Å². The minimum absolute atomic E-state index is 0. The van der Waals surface area contributed by atoms with Gasteiger partial charge in [0, 0.05) is 33.7 Å². The van der Waals surface area contributed by atoms with Crippen LogP contribution in [-0.4, -0.2) is 30.6 Å². The van der Waals surface area contributed by atoms with Gasteiger partial charge in [-0.05, 0) is 29.8 Å². The smallest absolute Gasteiger partial charge is 0.193 e. The predicted octanol–water partition coefficient (Wildman–Crippen LogP) is 2.99. The lowest BCUT2D eigenvalue weighted by molar-refractivity contribution is 0.355. The number of halogens is 1. The SMILES string of the molecule is COc1ccc(NC(N)=NCc2ccc(S(C)=O)cc2)cc1OC.I. The molecule has 0 radical (unpaired) electrons. The summed E-state index contributed by atoms with van der Waals surface area (Å²) in [6.45, 7) is 0.433. The highest BCUT2D eigenvalue weighted by Crippen LogP contribution is 2.29. The van der Waals surface area contributed by atoms with Crippen molar-refractivity contribution in [1.29, 1.82) is 0 Å². The van der Waals surface area contributed by atoms with E-state index in [1.165, 1.54) is 0 Å². The number of anilines is 1.